The van der Waals surface area contributed by atoms with Crippen LogP contribution in [0.15, 0.2) is 124 Å². The van der Waals surface area contributed by atoms with E-state index in [4.69, 9.17) is 25.7 Å². The normalized spacial score (nSPS) is 11.7. The van der Waals surface area contributed by atoms with E-state index in [1.165, 1.54) is 16.8 Å². The number of hydrogen-bond donors (Lipinski definition) is 0. The van der Waals surface area contributed by atoms with E-state index in [2.05, 4.69) is 5.10 Å². The van der Waals surface area contributed by atoms with Gasteiger partial charge in [0.25, 0.3) is 5.56 Å². The predicted molar refractivity (Wildman–Crippen MR) is 164 cm³/mol. The molecule has 7 aromatic rings. The molecule has 0 radical (unpaired) electrons. The first-order valence-electron chi connectivity index (χ1n) is 13.2. The third kappa shape index (κ3) is 4.80. The van der Waals surface area contributed by atoms with E-state index in [1.54, 1.807) is 60.8 Å². The number of aromatic nitrogens is 2. The lowest BCUT2D eigenvalue weighted by molar-refractivity contribution is 0.306. The summed E-state index contributed by atoms with van der Waals surface area (Å²) in [6.45, 7) is 0.226. The fourth-order valence-corrected chi connectivity index (χ4v) is 5.09. The minimum Gasteiger partial charge on any atom is -0.488 e. The van der Waals surface area contributed by atoms with E-state index < -0.39 is 0 Å². The molecule has 204 valence electrons. The van der Waals surface area contributed by atoms with Crippen LogP contribution < -0.4 is 10.3 Å². The third-order valence-corrected chi connectivity index (χ3v) is 7.23. The van der Waals surface area contributed by atoms with Crippen molar-refractivity contribution in [2.45, 2.75) is 6.61 Å². The maximum Gasteiger partial charge on any atom is 0.282 e. The van der Waals surface area contributed by atoms with Crippen LogP contribution in [0.5, 0.6) is 5.75 Å². The molecule has 0 fully saturated rings. The number of fused-ring (bicyclic) bond motifs is 3. The summed E-state index contributed by atoms with van der Waals surface area (Å²) in [5, 5.41) is 8.30. The van der Waals surface area contributed by atoms with Gasteiger partial charge in [-0.25, -0.2) is 9.37 Å². The summed E-state index contributed by atoms with van der Waals surface area (Å²) >= 11 is 6.20. The van der Waals surface area contributed by atoms with E-state index in [0.29, 0.717) is 38.6 Å². The summed E-state index contributed by atoms with van der Waals surface area (Å²) in [6, 6.07) is 32.0. The number of hydrogen-bond acceptors (Lipinski definition) is 5. The molecular formula is C34H21ClFN3O3. The highest BCUT2D eigenvalue weighted by atomic mass is 35.5. The Morgan fingerprint density at radius 1 is 0.881 bits per heavy atom. The zero-order chi connectivity index (χ0) is 28.6. The Morgan fingerprint density at radius 2 is 1.67 bits per heavy atom. The topological polar surface area (TPSA) is 69.6 Å². The lowest BCUT2D eigenvalue weighted by Crippen LogP contribution is -2.20. The lowest BCUT2D eigenvalue weighted by atomic mass is 10.0. The van der Waals surface area contributed by atoms with Gasteiger partial charge in [0, 0.05) is 16.0 Å². The Kier molecular flexibility index (Phi) is 6.49. The van der Waals surface area contributed by atoms with Crippen molar-refractivity contribution >= 4 is 50.5 Å². The fourth-order valence-electron chi connectivity index (χ4n) is 4.91. The molecule has 0 unspecified atom stereocenters. The highest BCUT2D eigenvalue weighted by Gasteiger charge is 2.17. The molecule has 8 heteroatoms. The Balaban J connectivity index is 1.38. The molecule has 5 aromatic carbocycles. The van der Waals surface area contributed by atoms with E-state index in [0.717, 1.165) is 21.7 Å². The van der Waals surface area contributed by atoms with Gasteiger partial charge in [-0.15, -0.1) is 0 Å². The quantitative estimate of drug-likeness (QED) is 0.188. The minimum absolute atomic E-state index is 0.226. The molecule has 6 nitrogen and oxygen atoms in total. The molecule has 2 heterocycles. The van der Waals surface area contributed by atoms with Crippen LogP contribution in [0, 0.1) is 5.82 Å². The van der Waals surface area contributed by atoms with Gasteiger partial charge in [-0.3, -0.25) is 4.79 Å². The molecule has 0 spiro atoms. The average Bonchev–Trinajstić information content (AvgIpc) is 3.43. The van der Waals surface area contributed by atoms with Crippen LogP contribution >= 0.6 is 11.6 Å². The Labute approximate surface area is 243 Å². The summed E-state index contributed by atoms with van der Waals surface area (Å²) in [5.74, 6) is 0.868. The zero-order valence-corrected chi connectivity index (χ0v) is 22.8. The van der Waals surface area contributed by atoms with Gasteiger partial charge >= 0.3 is 0 Å². The van der Waals surface area contributed by atoms with Crippen LogP contribution in [0.1, 0.15) is 11.1 Å². The van der Waals surface area contributed by atoms with Gasteiger partial charge in [-0.2, -0.15) is 9.78 Å². The van der Waals surface area contributed by atoms with Crippen molar-refractivity contribution in [2.24, 2.45) is 5.10 Å². The van der Waals surface area contributed by atoms with Crippen LogP contribution in [0.4, 0.5) is 4.39 Å². The molecule has 0 amide bonds. The first kappa shape index (κ1) is 25.7. The summed E-state index contributed by atoms with van der Waals surface area (Å²) in [7, 11) is 0. The van der Waals surface area contributed by atoms with Gasteiger partial charge in [0.15, 0.2) is 5.76 Å². The van der Waals surface area contributed by atoms with Gasteiger partial charge in [0.1, 0.15) is 23.8 Å². The number of para-hydroxylation sites is 1. The monoisotopic (exact) mass is 573 g/mol. The van der Waals surface area contributed by atoms with Crippen molar-refractivity contribution in [3.63, 3.8) is 0 Å². The van der Waals surface area contributed by atoms with Crippen molar-refractivity contribution in [1.29, 1.82) is 0 Å². The molecule has 0 bridgehead atoms. The maximum atomic E-state index is 13.8. The van der Waals surface area contributed by atoms with Crippen molar-refractivity contribution in [1.82, 2.24) is 9.66 Å². The average molecular weight is 574 g/mol. The number of halogens is 2. The largest absolute Gasteiger partial charge is 0.488 e. The second-order valence-electron chi connectivity index (χ2n) is 9.72. The molecule has 0 N–H and O–H groups in total. The van der Waals surface area contributed by atoms with E-state index in [9.17, 15) is 9.18 Å². The molecule has 0 aliphatic rings. The molecule has 0 aliphatic carbocycles. The third-order valence-electron chi connectivity index (χ3n) is 6.99. The first-order chi connectivity index (χ1) is 20.5. The predicted octanol–water partition coefficient (Wildman–Crippen LogP) is 8.22. The van der Waals surface area contributed by atoms with Gasteiger partial charge in [0.05, 0.1) is 17.1 Å². The van der Waals surface area contributed by atoms with Gasteiger partial charge in [0.2, 0.25) is 5.82 Å². The molecule has 2 aromatic heterocycles. The highest BCUT2D eigenvalue weighted by molar-refractivity contribution is 6.31. The SMILES string of the molecule is O=c1c2ccccc2nc(-c2cc3cc(Cl)ccc3o2)n1N=Cc1c(OCc2ccc(F)cc2)ccc2ccccc12. The fraction of sp³-hybridized carbons (Fsp3) is 0.0294. The van der Waals surface area contributed by atoms with Crippen molar-refractivity contribution < 1.29 is 13.5 Å². The van der Waals surface area contributed by atoms with Crippen molar-refractivity contribution in [3.8, 4) is 17.3 Å². The second kappa shape index (κ2) is 10.6. The number of furan rings is 1. The number of benzene rings is 5. The van der Waals surface area contributed by atoms with Gasteiger partial charge in [-0.05, 0) is 70.9 Å². The van der Waals surface area contributed by atoms with Crippen LogP contribution in [0.2, 0.25) is 5.02 Å². The van der Waals surface area contributed by atoms with Crippen LogP contribution in [0.25, 0.3) is 44.2 Å². The molecule has 7 rings (SSSR count). The van der Waals surface area contributed by atoms with E-state index in [1.807, 2.05) is 42.5 Å². The van der Waals surface area contributed by atoms with E-state index >= 15 is 0 Å². The molecule has 0 atom stereocenters. The molecule has 0 aliphatic heterocycles. The highest BCUT2D eigenvalue weighted by Crippen LogP contribution is 2.30. The van der Waals surface area contributed by atoms with Crippen LogP contribution in [-0.2, 0) is 6.61 Å². The second-order valence-corrected chi connectivity index (χ2v) is 10.2. The summed E-state index contributed by atoms with van der Waals surface area (Å²) in [5.41, 5.74) is 2.28. The number of rotatable bonds is 6. The summed E-state index contributed by atoms with van der Waals surface area (Å²) in [6.07, 6.45) is 1.60. The first-order valence-corrected chi connectivity index (χ1v) is 13.6. The van der Waals surface area contributed by atoms with Gasteiger partial charge < -0.3 is 9.15 Å². The number of ether oxygens (including phenoxy) is 1. The van der Waals surface area contributed by atoms with Gasteiger partial charge in [-0.1, -0.05) is 66.2 Å². The standard InChI is InChI=1S/C34H21ClFN3O3/c35-24-12-16-30-23(17-24)18-32(42-30)33-38-29-8-4-3-7-27(29)34(40)39(33)37-19-28-26-6-2-1-5-22(26)11-15-31(28)41-20-21-9-13-25(36)14-10-21/h1-19H,20H2. The summed E-state index contributed by atoms with van der Waals surface area (Å²) in [4.78, 5) is 18.5. The molecule has 42 heavy (non-hydrogen) atoms. The van der Waals surface area contributed by atoms with Crippen molar-refractivity contribution in [3.05, 3.63) is 142 Å². The Hall–Kier alpha value is -5.27. The Bertz CT molecular complexity index is 2200. The minimum atomic E-state index is -0.348. The van der Waals surface area contributed by atoms with Crippen molar-refractivity contribution in [2.75, 3.05) is 0 Å². The Morgan fingerprint density at radius 3 is 2.52 bits per heavy atom. The molecule has 0 saturated carbocycles. The summed E-state index contributed by atoms with van der Waals surface area (Å²) < 4.78 is 26.9. The smallest absolute Gasteiger partial charge is 0.282 e. The lowest BCUT2D eigenvalue weighted by Gasteiger charge is -2.12. The van der Waals surface area contributed by atoms with Crippen LogP contribution in [0.3, 0.4) is 0 Å². The maximum absolute atomic E-state index is 13.8. The zero-order valence-electron chi connectivity index (χ0n) is 22.0. The molecular weight excluding hydrogens is 553 g/mol. The number of nitrogens with zero attached hydrogens (tertiary/aromatic N) is 3. The van der Waals surface area contributed by atoms with E-state index in [-0.39, 0.29) is 23.8 Å². The molecule has 0 saturated heterocycles. The van der Waals surface area contributed by atoms with Crippen LogP contribution in [-0.4, -0.2) is 15.9 Å².